The summed E-state index contributed by atoms with van der Waals surface area (Å²) in [7, 11) is 0. The fourth-order valence-electron chi connectivity index (χ4n) is 4.29. The number of hydrogen-bond acceptors (Lipinski definition) is 4. The molecule has 2 aliphatic rings. The molecule has 0 N–H and O–H groups in total. The van der Waals surface area contributed by atoms with Gasteiger partial charge in [-0.15, -0.1) is 0 Å². The van der Waals surface area contributed by atoms with Gasteiger partial charge in [0.1, 0.15) is 17.5 Å². The van der Waals surface area contributed by atoms with Crippen LogP contribution in [-0.2, 0) is 15.9 Å². The maximum Gasteiger partial charge on any atom is 0.410 e. The molecule has 1 unspecified atom stereocenters. The van der Waals surface area contributed by atoms with Crippen LogP contribution in [-0.4, -0.2) is 53.3 Å². The van der Waals surface area contributed by atoms with Gasteiger partial charge in [0.05, 0.1) is 12.6 Å². The molecule has 2 aromatic carbocycles. The first-order chi connectivity index (χ1) is 15.2. The van der Waals surface area contributed by atoms with Gasteiger partial charge in [-0.1, -0.05) is 36.4 Å². The number of hydrogen-bond donors (Lipinski definition) is 0. The van der Waals surface area contributed by atoms with Crippen LogP contribution in [0.4, 0.5) is 14.0 Å². The summed E-state index contributed by atoms with van der Waals surface area (Å²) in [6, 6.07) is 13.9. The number of likely N-dealkylation sites (tertiary alicyclic amines) is 1. The summed E-state index contributed by atoms with van der Waals surface area (Å²) in [5.41, 5.74) is 2.44. The maximum atomic E-state index is 13.5. The van der Waals surface area contributed by atoms with E-state index >= 15 is 0 Å². The predicted octanol–water partition coefficient (Wildman–Crippen LogP) is 4.92. The summed E-state index contributed by atoms with van der Waals surface area (Å²) in [4.78, 5) is 28.8. The highest BCUT2D eigenvalue weighted by Gasteiger charge is 2.36. The normalized spacial score (nSPS) is 20.6. The second kappa shape index (κ2) is 8.81. The molecule has 1 fully saturated rings. The molecule has 4 rings (SSSR count). The summed E-state index contributed by atoms with van der Waals surface area (Å²) in [6.07, 6.45) is 0.0759. The van der Waals surface area contributed by atoms with E-state index in [4.69, 9.17) is 9.47 Å². The molecule has 0 aromatic heterocycles. The van der Waals surface area contributed by atoms with Crippen molar-refractivity contribution in [1.29, 1.82) is 0 Å². The Kier molecular flexibility index (Phi) is 6.09. The molecule has 0 bridgehead atoms. The molecule has 2 aromatic rings. The zero-order chi connectivity index (χ0) is 22.9. The summed E-state index contributed by atoms with van der Waals surface area (Å²) in [5, 5.41) is 0. The van der Waals surface area contributed by atoms with Gasteiger partial charge in [-0.05, 0) is 56.0 Å². The number of rotatable bonds is 2. The Labute approximate surface area is 187 Å². The van der Waals surface area contributed by atoms with Crippen molar-refractivity contribution in [3.8, 4) is 0 Å². The minimum atomic E-state index is -0.574. The number of fused-ring (bicyclic) bond motifs is 1. The van der Waals surface area contributed by atoms with Crippen LogP contribution in [0.5, 0.6) is 0 Å². The molecule has 32 heavy (non-hydrogen) atoms. The van der Waals surface area contributed by atoms with E-state index < -0.39 is 17.8 Å². The first-order valence-electron chi connectivity index (χ1n) is 11.0. The molecule has 0 spiro atoms. The largest absolute Gasteiger partial charge is 0.444 e. The standard InChI is InChI=1S/C25H29FN2O4/c1-25(2,3)32-23(29)27-14-13-20(16-27)31-24(30)28-15-12-17-6-4-5-7-21(17)22(28)18-8-10-19(26)11-9-18/h4-11,20,22H,12-16H2,1-3H3/t20-,22?/m0/s1. The highest BCUT2D eigenvalue weighted by Crippen LogP contribution is 2.36. The first kappa shape index (κ1) is 22.1. The number of benzene rings is 2. The van der Waals surface area contributed by atoms with E-state index in [0.717, 1.165) is 17.5 Å². The van der Waals surface area contributed by atoms with Gasteiger partial charge in [0.2, 0.25) is 0 Å². The quantitative estimate of drug-likeness (QED) is 0.665. The lowest BCUT2D eigenvalue weighted by Crippen LogP contribution is -2.43. The van der Waals surface area contributed by atoms with Crippen molar-refractivity contribution in [2.45, 2.75) is 51.4 Å². The summed E-state index contributed by atoms with van der Waals surface area (Å²) in [6.45, 7) is 6.76. The van der Waals surface area contributed by atoms with Crippen LogP contribution in [0.2, 0.25) is 0 Å². The average Bonchev–Trinajstić information content (AvgIpc) is 3.21. The molecule has 2 atom stereocenters. The van der Waals surface area contributed by atoms with Gasteiger partial charge >= 0.3 is 12.2 Å². The van der Waals surface area contributed by atoms with Gasteiger partial charge in [0.25, 0.3) is 0 Å². The molecule has 2 heterocycles. The van der Waals surface area contributed by atoms with Crippen LogP contribution >= 0.6 is 0 Å². The van der Waals surface area contributed by atoms with Crippen molar-refractivity contribution in [2.75, 3.05) is 19.6 Å². The number of amides is 2. The molecule has 0 radical (unpaired) electrons. The maximum absolute atomic E-state index is 13.5. The minimum Gasteiger partial charge on any atom is -0.444 e. The lowest BCUT2D eigenvalue weighted by molar-refractivity contribution is 0.0230. The predicted molar refractivity (Wildman–Crippen MR) is 118 cm³/mol. The van der Waals surface area contributed by atoms with Crippen molar-refractivity contribution >= 4 is 12.2 Å². The first-order valence-corrected chi connectivity index (χ1v) is 11.0. The lowest BCUT2D eigenvalue weighted by Gasteiger charge is -2.37. The Balaban J connectivity index is 1.49. The van der Waals surface area contributed by atoms with Crippen LogP contribution in [0.3, 0.4) is 0 Å². The van der Waals surface area contributed by atoms with Gasteiger partial charge in [-0.2, -0.15) is 0 Å². The fourth-order valence-corrected chi connectivity index (χ4v) is 4.29. The van der Waals surface area contributed by atoms with Crippen molar-refractivity contribution in [1.82, 2.24) is 9.80 Å². The SMILES string of the molecule is CC(C)(C)OC(=O)N1CC[C@H](OC(=O)N2CCc3ccccc3C2c2ccc(F)cc2)C1. The second-order valence-corrected chi connectivity index (χ2v) is 9.32. The Bertz CT molecular complexity index is 986. The van der Waals surface area contributed by atoms with Crippen LogP contribution in [0.25, 0.3) is 0 Å². The number of ether oxygens (including phenoxy) is 2. The average molecular weight is 441 g/mol. The monoisotopic (exact) mass is 440 g/mol. The van der Waals surface area contributed by atoms with Crippen LogP contribution < -0.4 is 0 Å². The molecule has 2 amide bonds. The Hall–Kier alpha value is -3.09. The molecule has 170 valence electrons. The van der Waals surface area contributed by atoms with E-state index in [2.05, 4.69) is 6.07 Å². The van der Waals surface area contributed by atoms with E-state index in [-0.39, 0.29) is 18.0 Å². The molecule has 2 aliphatic heterocycles. The van der Waals surface area contributed by atoms with E-state index in [0.29, 0.717) is 26.1 Å². The molecular weight excluding hydrogens is 411 g/mol. The van der Waals surface area contributed by atoms with Crippen molar-refractivity contribution in [2.24, 2.45) is 0 Å². The minimum absolute atomic E-state index is 0.312. The molecular formula is C25H29FN2O4. The highest BCUT2D eigenvalue weighted by atomic mass is 19.1. The summed E-state index contributed by atoms with van der Waals surface area (Å²) >= 11 is 0. The third-order valence-corrected chi connectivity index (χ3v) is 5.77. The Morgan fingerprint density at radius 3 is 2.44 bits per heavy atom. The van der Waals surface area contributed by atoms with E-state index in [9.17, 15) is 14.0 Å². The van der Waals surface area contributed by atoms with Gasteiger partial charge in [-0.3, -0.25) is 4.90 Å². The van der Waals surface area contributed by atoms with Crippen molar-refractivity contribution in [3.05, 3.63) is 71.0 Å². The third-order valence-electron chi connectivity index (χ3n) is 5.77. The number of nitrogens with zero attached hydrogens (tertiary/aromatic N) is 2. The van der Waals surface area contributed by atoms with E-state index in [1.54, 1.807) is 21.9 Å². The molecule has 7 heteroatoms. The molecule has 0 saturated carbocycles. The third kappa shape index (κ3) is 4.87. The van der Waals surface area contributed by atoms with Crippen molar-refractivity contribution < 1.29 is 23.5 Å². The Morgan fingerprint density at radius 1 is 1.00 bits per heavy atom. The van der Waals surface area contributed by atoms with Crippen molar-refractivity contribution in [3.63, 3.8) is 0 Å². The zero-order valence-electron chi connectivity index (χ0n) is 18.7. The highest BCUT2D eigenvalue weighted by molar-refractivity contribution is 5.71. The summed E-state index contributed by atoms with van der Waals surface area (Å²) in [5.74, 6) is -0.319. The summed E-state index contributed by atoms with van der Waals surface area (Å²) < 4.78 is 24.8. The molecule has 1 saturated heterocycles. The van der Waals surface area contributed by atoms with Crippen LogP contribution in [0.1, 0.15) is 49.9 Å². The van der Waals surface area contributed by atoms with Crippen LogP contribution in [0.15, 0.2) is 48.5 Å². The lowest BCUT2D eigenvalue weighted by atomic mass is 9.88. The number of carbonyl (C=O) groups excluding carboxylic acids is 2. The smallest absolute Gasteiger partial charge is 0.410 e. The number of carbonyl (C=O) groups is 2. The van der Waals surface area contributed by atoms with Gasteiger partial charge in [-0.25, -0.2) is 14.0 Å². The zero-order valence-corrected chi connectivity index (χ0v) is 18.7. The molecule has 6 nitrogen and oxygen atoms in total. The molecule has 0 aliphatic carbocycles. The van der Waals surface area contributed by atoms with Gasteiger partial charge < -0.3 is 14.4 Å². The van der Waals surface area contributed by atoms with Gasteiger partial charge in [0.15, 0.2) is 0 Å². The Morgan fingerprint density at radius 2 is 1.72 bits per heavy atom. The van der Waals surface area contributed by atoms with E-state index in [1.165, 1.54) is 17.7 Å². The topological polar surface area (TPSA) is 59.1 Å². The van der Waals surface area contributed by atoms with Crippen LogP contribution in [0, 0.1) is 5.82 Å². The number of halogens is 1. The second-order valence-electron chi connectivity index (χ2n) is 9.32. The fraction of sp³-hybridized carbons (Fsp3) is 0.440. The van der Waals surface area contributed by atoms with Gasteiger partial charge in [0, 0.05) is 19.5 Å². The van der Waals surface area contributed by atoms with E-state index in [1.807, 2.05) is 39.0 Å².